The quantitative estimate of drug-likeness (QED) is 0.296. The summed E-state index contributed by atoms with van der Waals surface area (Å²) in [7, 11) is 0. The van der Waals surface area contributed by atoms with E-state index in [9.17, 15) is 23.1 Å². The molecule has 0 unspecified atom stereocenters. The maximum atomic E-state index is 14.2. The highest BCUT2D eigenvalue weighted by atomic mass is 19.4. The molecule has 0 aromatic carbocycles. The molecule has 11 nitrogen and oxygen atoms in total. The maximum absolute atomic E-state index is 14.2. The summed E-state index contributed by atoms with van der Waals surface area (Å²) < 4.78 is 42.6. The van der Waals surface area contributed by atoms with Crippen molar-refractivity contribution in [3.63, 3.8) is 0 Å². The molecule has 0 saturated carbocycles. The molecule has 14 heteroatoms. The van der Waals surface area contributed by atoms with Gasteiger partial charge in [0.2, 0.25) is 0 Å². The number of aliphatic hydroxyl groups is 1. The molecule has 0 bridgehead atoms. The summed E-state index contributed by atoms with van der Waals surface area (Å²) in [5, 5.41) is 12.2. The van der Waals surface area contributed by atoms with Crippen LogP contribution in [0.15, 0.2) is 30.5 Å². The average Bonchev–Trinajstić information content (AvgIpc) is 2.87. The Morgan fingerprint density at radius 3 is 2.41 bits per heavy atom. The van der Waals surface area contributed by atoms with Gasteiger partial charge < -0.3 is 32.5 Å². The number of nitrogen functional groups attached to an aromatic ring is 1. The first-order valence-electron chi connectivity index (χ1n) is 12.2. The number of anilines is 3. The van der Waals surface area contributed by atoms with Crippen LogP contribution in [0.1, 0.15) is 42.7 Å². The van der Waals surface area contributed by atoms with Crippen LogP contribution >= 0.6 is 0 Å². The third-order valence-electron chi connectivity index (χ3n) is 6.51. The number of amides is 1. The lowest BCUT2D eigenvalue weighted by molar-refractivity contribution is -0.137. The van der Waals surface area contributed by atoms with Gasteiger partial charge in [0, 0.05) is 30.9 Å². The topological polar surface area (TPSA) is 182 Å². The summed E-state index contributed by atoms with van der Waals surface area (Å²) in [6, 6.07) is 4.94. The van der Waals surface area contributed by atoms with Gasteiger partial charge in [-0.3, -0.25) is 9.78 Å². The fourth-order valence-corrected chi connectivity index (χ4v) is 4.30. The van der Waals surface area contributed by atoms with Crippen LogP contribution < -0.4 is 27.4 Å². The van der Waals surface area contributed by atoms with Gasteiger partial charge in [0.1, 0.15) is 28.6 Å². The van der Waals surface area contributed by atoms with Crippen LogP contribution in [0.25, 0.3) is 22.8 Å². The summed E-state index contributed by atoms with van der Waals surface area (Å²) in [5.41, 5.74) is 15.5. The van der Waals surface area contributed by atoms with E-state index in [1.165, 1.54) is 6.20 Å². The number of rotatable bonds is 7. The predicted molar refractivity (Wildman–Crippen MR) is 141 cm³/mol. The number of aromatic nitrogens is 4. The number of nitrogens with two attached hydrogens (primary N) is 3. The number of carbonyl (C=O) groups excluding carboxylic acids is 1. The van der Waals surface area contributed by atoms with Crippen molar-refractivity contribution in [2.45, 2.75) is 44.4 Å². The Hall–Kier alpha value is -4.04. The molecule has 8 N–H and O–H groups in total. The summed E-state index contributed by atoms with van der Waals surface area (Å²) in [5.74, 6) is -1.38. The van der Waals surface area contributed by atoms with Crippen LogP contribution in [0.4, 0.5) is 30.5 Å². The molecule has 4 heterocycles. The molecular formula is C25H30F3N9O2. The molecule has 1 amide bonds. The van der Waals surface area contributed by atoms with Gasteiger partial charge in [-0.2, -0.15) is 13.2 Å². The lowest BCUT2D eigenvalue weighted by Gasteiger charge is -2.38. The number of nitrogens with zero attached hydrogens (tertiary/aromatic N) is 5. The molecule has 3 aromatic rings. The molecule has 1 aliphatic heterocycles. The van der Waals surface area contributed by atoms with E-state index in [2.05, 4.69) is 25.3 Å². The first kappa shape index (κ1) is 28.0. The maximum Gasteiger partial charge on any atom is 0.418 e. The predicted octanol–water partition coefficient (Wildman–Crippen LogP) is 2.41. The number of piperidine rings is 1. The molecular weight excluding hydrogens is 515 g/mol. The number of nitrogens with one attached hydrogen (secondary N) is 1. The van der Waals surface area contributed by atoms with Crippen LogP contribution in [0.2, 0.25) is 0 Å². The highest BCUT2D eigenvalue weighted by Gasteiger charge is 2.37. The van der Waals surface area contributed by atoms with Crippen molar-refractivity contribution >= 4 is 23.2 Å². The monoisotopic (exact) mass is 545 g/mol. The molecule has 1 atom stereocenters. The smallest absolute Gasteiger partial charge is 0.394 e. The lowest BCUT2D eigenvalue weighted by atomic mass is 9.90. The number of primary amides is 1. The highest BCUT2D eigenvalue weighted by Crippen LogP contribution is 2.41. The molecule has 0 radical (unpaired) electrons. The molecule has 4 rings (SSSR count). The van der Waals surface area contributed by atoms with Crippen LogP contribution in [-0.4, -0.2) is 62.2 Å². The summed E-state index contributed by atoms with van der Waals surface area (Å²) in [4.78, 5) is 31.2. The minimum atomic E-state index is -4.83. The molecule has 1 fully saturated rings. The first-order valence-corrected chi connectivity index (χ1v) is 12.2. The van der Waals surface area contributed by atoms with Gasteiger partial charge in [0.05, 0.1) is 17.9 Å². The molecule has 3 aromatic heterocycles. The minimum Gasteiger partial charge on any atom is -0.394 e. The third-order valence-corrected chi connectivity index (χ3v) is 6.51. The standard InChI is InChI=1S/C25H30F3N9O2/c1-13(12-38)33-16-6-5-14(25(26,27)28)17(34-16)19-20(36-22(29)21(35-19)23(30)39)18-15(4-3-9-32-18)37-10-7-24(2,31)8-11-37/h3-6,9,13,38H,7-8,10-12,31H2,1-2H3,(H2,29,36)(H2,30,39)(H,33,34)/t13-/m1/s1. The SMILES string of the molecule is C[C@H](CO)Nc1ccc(C(F)(F)F)c(-c2nc(C(N)=O)c(N)nc2-c2ncccc2N2CCC(C)(N)CC2)n1. The van der Waals surface area contributed by atoms with E-state index < -0.39 is 35.1 Å². The van der Waals surface area contributed by atoms with E-state index in [0.717, 1.165) is 12.1 Å². The van der Waals surface area contributed by atoms with Crippen molar-refractivity contribution in [3.8, 4) is 22.8 Å². The molecule has 1 saturated heterocycles. The number of pyridine rings is 2. The number of hydrogen-bond donors (Lipinski definition) is 5. The van der Waals surface area contributed by atoms with Crippen molar-refractivity contribution in [2.75, 3.05) is 35.6 Å². The molecule has 1 aliphatic rings. The van der Waals surface area contributed by atoms with Crippen LogP contribution in [0.3, 0.4) is 0 Å². The number of hydrogen-bond acceptors (Lipinski definition) is 10. The van der Waals surface area contributed by atoms with Crippen molar-refractivity contribution in [1.29, 1.82) is 0 Å². The Labute approximate surface area is 222 Å². The van der Waals surface area contributed by atoms with Gasteiger partial charge in [-0.05, 0) is 51.0 Å². The number of alkyl halides is 3. The first-order chi connectivity index (χ1) is 18.3. The van der Waals surface area contributed by atoms with Gasteiger partial charge in [0.25, 0.3) is 5.91 Å². The summed E-state index contributed by atoms with van der Waals surface area (Å²) >= 11 is 0. The largest absolute Gasteiger partial charge is 0.418 e. The van der Waals surface area contributed by atoms with Crippen LogP contribution in [-0.2, 0) is 6.18 Å². The Balaban J connectivity index is 1.98. The third kappa shape index (κ3) is 6.01. The second-order valence-corrected chi connectivity index (χ2v) is 9.85. The Morgan fingerprint density at radius 2 is 1.79 bits per heavy atom. The number of carbonyl (C=O) groups is 1. The van der Waals surface area contributed by atoms with Gasteiger partial charge in [-0.25, -0.2) is 15.0 Å². The van der Waals surface area contributed by atoms with E-state index in [-0.39, 0.29) is 40.9 Å². The molecule has 0 aliphatic carbocycles. The van der Waals surface area contributed by atoms with E-state index in [1.807, 2.05) is 11.8 Å². The van der Waals surface area contributed by atoms with Gasteiger partial charge in [-0.1, -0.05) is 0 Å². The Morgan fingerprint density at radius 1 is 1.13 bits per heavy atom. The fourth-order valence-electron chi connectivity index (χ4n) is 4.30. The molecule has 39 heavy (non-hydrogen) atoms. The zero-order chi connectivity index (χ0) is 28.5. The second-order valence-electron chi connectivity index (χ2n) is 9.85. The highest BCUT2D eigenvalue weighted by molar-refractivity contribution is 5.97. The second kappa shape index (κ2) is 10.6. The Bertz CT molecular complexity index is 1370. The summed E-state index contributed by atoms with van der Waals surface area (Å²) in [6.07, 6.45) is -2.00. The van der Waals surface area contributed by atoms with E-state index in [0.29, 0.717) is 31.6 Å². The normalized spacial score (nSPS) is 16.1. The molecule has 208 valence electrons. The van der Waals surface area contributed by atoms with Crippen molar-refractivity contribution in [1.82, 2.24) is 19.9 Å². The van der Waals surface area contributed by atoms with E-state index in [1.54, 1.807) is 19.1 Å². The van der Waals surface area contributed by atoms with E-state index in [4.69, 9.17) is 17.2 Å². The van der Waals surface area contributed by atoms with Gasteiger partial charge >= 0.3 is 6.18 Å². The molecule has 0 spiro atoms. The Kier molecular flexibility index (Phi) is 7.61. The van der Waals surface area contributed by atoms with Crippen molar-refractivity contribution < 1.29 is 23.1 Å². The van der Waals surface area contributed by atoms with Crippen molar-refractivity contribution in [2.24, 2.45) is 11.5 Å². The average molecular weight is 546 g/mol. The van der Waals surface area contributed by atoms with Crippen LogP contribution in [0, 0.1) is 0 Å². The van der Waals surface area contributed by atoms with E-state index >= 15 is 0 Å². The zero-order valence-corrected chi connectivity index (χ0v) is 21.5. The van der Waals surface area contributed by atoms with Crippen LogP contribution in [0.5, 0.6) is 0 Å². The summed E-state index contributed by atoms with van der Waals surface area (Å²) in [6.45, 7) is 4.46. The number of halogens is 3. The lowest BCUT2D eigenvalue weighted by Crippen LogP contribution is -2.48. The fraction of sp³-hybridized carbons (Fsp3) is 0.400. The van der Waals surface area contributed by atoms with Gasteiger partial charge in [0.15, 0.2) is 11.5 Å². The van der Waals surface area contributed by atoms with Gasteiger partial charge in [-0.15, -0.1) is 0 Å². The van der Waals surface area contributed by atoms with Crippen molar-refractivity contribution in [3.05, 3.63) is 41.7 Å². The zero-order valence-electron chi connectivity index (χ0n) is 21.5. The minimum absolute atomic E-state index is 0.0456. The number of aliphatic hydroxyl groups excluding tert-OH is 1.